The summed E-state index contributed by atoms with van der Waals surface area (Å²) in [6, 6.07) is 7.98. The molecule has 1 aromatic heterocycles. The molecule has 0 aliphatic rings. The highest BCUT2D eigenvalue weighted by molar-refractivity contribution is 7.09. The standard InChI is InChI=1S/C13H15ClN2OS/c1-16(8-13-15-10(7-14)9-18-13)11-4-3-5-12(6-11)17-2/h3-6,9H,7-8H2,1-2H3. The summed E-state index contributed by atoms with van der Waals surface area (Å²) in [5.74, 6) is 1.33. The van der Waals surface area contributed by atoms with Gasteiger partial charge >= 0.3 is 0 Å². The summed E-state index contributed by atoms with van der Waals surface area (Å²) in [6.07, 6.45) is 0. The Hall–Kier alpha value is -1.26. The zero-order chi connectivity index (χ0) is 13.0. The van der Waals surface area contributed by atoms with E-state index in [-0.39, 0.29) is 0 Å². The van der Waals surface area contributed by atoms with Crippen LogP contribution in [0.15, 0.2) is 29.6 Å². The molecule has 0 spiro atoms. The van der Waals surface area contributed by atoms with Gasteiger partial charge in [-0.1, -0.05) is 6.07 Å². The summed E-state index contributed by atoms with van der Waals surface area (Å²) in [5.41, 5.74) is 2.05. The van der Waals surface area contributed by atoms with Gasteiger partial charge in [0.25, 0.3) is 0 Å². The molecule has 0 unspecified atom stereocenters. The number of anilines is 1. The smallest absolute Gasteiger partial charge is 0.120 e. The molecule has 1 aromatic carbocycles. The second kappa shape index (κ2) is 6.07. The highest BCUT2D eigenvalue weighted by atomic mass is 35.5. The van der Waals surface area contributed by atoms with Gasteiger partial charge in [-0.3, -0.25) is 0 Å². The van der Waals surface area contributed by atoms with Crippen molar-refractivity contribution in [2.75, 3.05) is 19.1 Å². The Kier molecular flexibility index (Phi) is 4.44. The fraction of sp³-hybridized carbons (Fsp3) is 0.308. The predicted octanol–water partition coefficient (Wildman–Crippen LogP) is 3.53. The summed E-state index contributed by atoms with van der Waals surface area (Å²) >= 11 is 7.39. The average molecular weight is 283 g/mol. The third-order valence-corrected chi connectivity index (χ3v) is 3.76. The first-order chi connectivity index (χ1) is 8.72. The lowest BCUT2D eigenvalue weighted by Gasteiger charge is -2.18. The zero-order valence-corrected chi connectivity index (χ0v) is 12.0. The molecule has 0 bridgehead atoms. The van der Waals surface area contributed by atoms with Gasteiger partial charge in [0.2, 0.25) is 0 Å². The van der Waals surface area contributed by atoms with Crippen molar-refractivity contribution in [3.63, 3.8) is 0 Å². The number of hydrogen-bond donors (Lipinski definition) is 0. The number of alkyl halides is 1. The van der Waals surface area contributed by atoms with E-state index in [9.17, 15) is 0 Å². The molecule has 0 radical (unpaired) electrons. The SMILES string of the molecule is COc1cccc(N(C)Cc2nc(CCl)cs2)c1. The van der Waals surface area contributed by atoms with Crippen LogP contribution < -0.4 is 9.64 Å². The van der Waals surface area contributed by atoms with E-state index in [4.69, 9.17) is 16.3 Å². The minimum absolute atomic E-state index is 0.472. The lowest BCUT2D eigenvalue weighted by atomic mass is 10.3. The average Bonchev–Trinajstić information content (AvgIpc) is 2.86. The van der Waals surface area contributed by atoms with Crippen LogP contribution in [0.2, 0.25) is 0 Å². The number of hydrogen-bond acceptors (Lipinski definition) is 4. The van der Waals surface area contributed by atoms with Crippen LogP contribution in [0.1, 0.15) is 10.7 Å². The van der Waals surface area contributed by atoms with Gasteiger partial charge in [0.15, 0.2) is 0 Å². The van der Waals surface area contributed by atoms with Crippen LogP contribution in [0, 0.1) is 0 Å². The Morgan fingerprint density at radius 2 is 2.28 bits per heavy atom. The molecular formula is C13H15ClN2OS. The van der Waals surface area contributed by atoms with Crippen molar-refractivity contribution in [3.05, 3.63) is 40.3 Å². The number of nitrogens with zero attached hydrogens (tertiary/aromatic N) is 2. The second-order valence-corrected chi connectivity index (χ2v) is 5.13. The van der Waals surface area contributed by atoms with Gasteiger partial charge < -0.3 is 9.64 Å². The van der Waals surface area contributed by atoms with E-state index in [2.05, 4.69) is 16.0 Å². The highest BCUT2D eigenvalue weighted by Crippen LogP contribution is 2.22. The van der Waals surface area contributed by atoms with Crippen molar-refractivity contribution < 1.29 is 4.74 Å². The largest absolute Gasteiger partial charge is 0.497 e. The third kappa shape index (κ3) is 3.15. The monoisotopic (exact) mass is 282 g/mol. The first kappa shape index (κ1) is 13.2. The number of methoxy groups -OCH3 is 1. The van der Waals surface area contributed by atoms with Gasteiger partial charge in [-0.05, 0) is 12.1 Å². The summed E-state index contributed by atoms with van der Waals surface area (Å²) in [5, 5.41) is 3.07. The van der Waals surface area contributed by atoms with Crippen molar-refractivity contribution >= 4 is 28.6 Å². The Labute approximate surface area is 116 Å². The molecule has 0 aliphatic heterocycles. The van der Waals surface area contributed by atoms with E-state index in [0.29, 0.717) is 5.88 Å². The minimum Gasteiger partial charge on any atom is -0.497 e. The Morgan fingerprint density at radius 1 is 1.44 bits per heavy atom. The van der Waals surface area contributed by atoms with Crippen LogP contribution in [-0.2, 0) is 12.4 Å². The van der Waals surface area contributed by atoms with Crippen LogP contribution in [-0.4, -0.2) is 19.1 Å². The van der Waals surface area contributed by atoms with Crippen LogP contribution in [0.4, 0.5) is 5.69 Å². The zero-order valence-electron chi connectivity index (χ0n) is 10.4. The molecule has 3 nitrogen and oxygen atoms in total. The summed E-state index contributed by atoms with van der Waals surface area (Å²) in [7, 11) is 3.71. The molecule has 0 fully saturated rings. The second-order valence-electron chi connectivity index (χ2n) is 3.92. The number of ether oxygens (including phenoxy) is 1. The van der Waals surface area contributed by atoms with E-state index in [1.165, 1.54) is 0 Å². The molecule has 2 rings (SSSR count). The first-order valence-corrected chi connectivity index (χ1v) is 6.99. The maximum atomic E-state index is 5.75. The molecular weight excluding hydrogens is 268 g/mol. The Morgan fingerprint density at radius 3 is 2.94 bits per heavy atom. The third-order valence-electron chi connectivity index (χ3n) is 2.60. The lowest BCUT2D eigenvalue weighted by molar-refractivity contribution is 0.415. The number of rotatable bonds is 5. The number of benzene rings is 1. The van der Waals surface area contributed by atoms with Crippen molar-refractivity contribution in [3.8, 4) is 5.75 Å². The molecule has 0 N–H and O–H groups in total. The summed E-state index contributed by atoms with van der Waals surface area (Å²) in [6.45, 7) is 0.773. The summed E-state index contributed by atoms with van der Waals surface area (Å²) < 4.78 is 5.22. The molecule has 1 heterocycles. The number of halogens is 1. The van der Waals surface area contributed by atoms with Crippen LogP contribution >= 0.6 is 22.9 Å². The van der Waals surface area contributed by atoms with Gasteiger partial charge in [0, 0.05) is 24.2 Å². The molecule has 0 amide bonds. The lowest BCUT2D eigenvalue weighted by Crippen LogP contribution is -2.16. The fourth-order valence-corrected chi connectivity index (χ4v) is 2.70. The van der Waals surface area contributed by atoms with Gasteiger partial charge in [-0.25, -0.2) is 4.98 Å². The number of thiazole rings is 1. The molecule has 2 aromatic rings. The Bertz CT molecular complexity index is 515. The maximum absolute atomic E-state index is 5.75. The van der Waals surface area contributed by atoms with E-state index in [0.717, 1.165) is 28.7 Å². The molecule has 0 atom stereocenters. The van der Waals surface area contributed by atoms with E-state index in [1.807, 2.05) is 30.6 Å². The molecule has 18 heavy (non-hydrogen) atoms. The molecule has 0 saturated carbocycles. The minimum atomic E-state index is 0.472. The predicted molar refractivity (Wildman–Crippen MR) is 76.8 cm³/mol. The topological polar surface area (TPSA) is 25.4 Å². The van der Waals surface area contributed by atoms with Crippen molar-refractivity contribution in [2.45, 2.75) is 12.4 Å². The maximum Gasteiger partial charge on any atom is 0.120 e. The molecule has 5 heteroatoms. The van der Waals surface area contributed by atoms with Crippen LogP contribution in [0.25, 0.3) is 0 Å². The first-order valence-electron chi connectivity index (χ1n) is 5.57. The van der Waals surface area contributed by atoms with Crippen molar-refractivity contribution in [1.29, 1.82) is 0 Å². The highest BCUT2D eigenvalue weighted by Gasteiger charge is 2.06. The number of aromatic nitrogens is 1. The van der Waals surface area contributed by atoms with Gasteiger partial charge in [-0.2, -0.15) is 0 Å². The normalized spacial score (nSPS) is 10.4. The van der Waals surface area contributed by atoms with Gasteiger partial charge in [-0.15, -0.1) is 22.9 Å². The van der Waals surface area contributed by atoms with Gasteiger partial charge in [0.05, 0.1) is 25.2 Å². The van der Waals surface area contributed by atoms with E-state index < -0.39 is 0 Å². The van der Waals surface area contributed by atoms with Crippen LogP contribution in [0.5, 0.6) is 5.75 Å². The van der Waals surface area contributed by atoms with Gasteiger partial charge in [0.1, 0.15) is 10.8 Å². The summed E-state index contributed by atoms with van der Waals surface area (Å²) in [4.78, 5) is 6.59. The van der Waals surface area contributed by atoms with E-state index >= 15 is 0 Å². The quantitative estimate of drug-likeness (QED) is 0.785. The Balaban J connectivity index is 2.08. The molecule has 0 aliphatic carbocycles. The van der Waals surface area contributed by atoms with Crippen LogP contribution in [0.3, 0.4) is 0 Å². The molecule has 0 saturated heterocycles. The van der Waals surface area contributed by atoms with E-state index in [1.54, 1.807) is 18.4 Å². The fourth-order valence-electron chi connectivity index (χ4n) is 1.63. The molecule has 96 valence electrons. The van der Waals surface area contributed by atoms with Crippen molar-refractivity contribution in [2.24, 2.45) is 0 Å². The van der Waals surface area contributed by atoms with Crippen molar-refractivity contribution in [1.82, 2.24) is 4.98 Å².